The van der Waals surface area contributed by atoms with Gasteiger partial charge in [-0.2, -0.15) is 0 Å². The molecule has 9 unspecified atom stereocenters. The predicted molar refractivity (Wildman–Crippen MR) is 138 cm³/mol. The van der Waals surface area contributed by atoms with Gasteiger partial charge >= 0.3 is 0 Å². The van der Waals surface area contributed by atoms with E-state index in [1.165, 1.54) is 18.2 Å². The predicted octanol–water partition coefficient (Wildman–Crippen LogP) is -2.08. The van der Waals surface area contributed by atoms with Gasteiger partial charge in [-0.1, -0.05) is 0 Å². The Hall–Kier alpha value is -3.35. The fourth-order valence-electron chi connectivity index (χ4n) is 5.29. The van der Waals surface area contributed by atoms with Crippen LogP contribution in [0.5, 0.6) is 17.2 Å². The monoisotopic (exact) mass is 594 g/mol. The van der Waals surface area contributed by atoms with Gasteiger partial charge < -0.3 is 69.7 Å². The number of benzene rings is 2. The van der Waals surface area contributed by atoms with Gasteiger partial charge in [-0.05, 0) is 30.3 Å². The minimum absolute atomic E-state index is 0.0514. The van der Waals surface area contributed by atoms with Crippen LogP contribution in [-0.2, 0) is 14.2 Å². The summed E-state index contributed by atoms with van der Waals surface area (Å²) in [5.74, 6) is -3.89. The average molecular weight is 595 g/mol. The van der Waals surface area contributed by atoms with E-state index in [0.717, 1.165) is 18.2 Å². The third-order valence-electron chi connectivity index (χ3n) is 7.56. The summed E-state index contributed by atoms with van der Waals surface area (Å²) in [5, 5.41) is 103. The molecule has 0 radical (unpaired) electrons. The van der Waals surface area contributed by atoms with Gasteiger partial charge in [-0.15, -0.1) is 0 Å². The molecule has 1 aromatic heterocycles. The summed E-state index contributed by atoms with van der Waals surface area (Å²) in [7, 11) is 0. The first-order valence-corrected chi connectivity index (χ1v) is 12.8. The van der Waals surface area contributed by atoms with Crippen molar-refractivity contribution in [3.63, 3.8) is 0 Å². The topological polar surface area (TPSA) is 260 Å². The van der Waals surface area contributed by atoms with Crippen LogP contribution in [0, 0.1) is 0 Å². The third kappa shape index (κ3) is 4.88. The lowest BCUT2D eigenvalue weighted by atomic mass is 9.89. The minimum Gasteiger partial charge on any atom is -0.507 e. The number of aliphatic hydroxyl groups excluding tert-OH is 7. The van der Waals surface area contributed by atoms with E-state index in [1.54, 1.807) is 0 Å². The van der Waals surface area contributed by atoms with Crippen LogP contribution in [0.2, 0.25) is 0 Å². The second-order valence-corrected chi connectivity index (χ2v) is 10.1. The van der Waals surface area contributed by atoms with Crippen LogP contribution in [0.15, 0.2) is 45.6 Å². The van der Waals surface area contributed by atoms with E-state index in [4.69, 9.17) is 18.6 Å². The van der Waals surface area contributed by atoms with Gasteiger partial charge in [0.15, 0.2) is 16.9 Å². The van der Waals surface area contributed by atoms with Crippen LogP contribution >= 0.6 is 0 Å². The Morgan fingerprint density at radius 3 is 2.12 bits per heavy atom. The lowest BCUT2D eigenvalue weighted by Crippen LogP contribution is -2.61. The van der Waals surface area contributed by atoms with Gasteiger partial charge in [0.05, 0.1) is 24.2 Å². The number of aromatic hydroxyl groups is 3. The van der Waals surface area contributed by atoms with Crippen LogP contribution in [-0.4, -0.2) is 119 Å². The fraction of sp³-hybridized carbons (Fsp3) is 0.444. The van der Waals surface area contributed by atoms with Crippen molar-refractivity contribution in [2.24, 2.45) is 0 Å². The number of fused-ring (bicyclic) bond motifs is 1. The second kappa shape index (κ2) is 11.4. The zero-order valence-corrected chi connectivity index (χ0v) is 21.7. The van der Waals surface area contributed by atoms with Gasteiger partial charge in [0.25, 0.3) is 0 Å². The number of phenolic OH excluding ortho intramolecular Hbond substituents is 3. The van der Waals surface area contributed by atoms with E-state index in [-0.39, 0.29) is 27.9 Å². The molecule has 15 nitrogen and oxygen atoms in total. The Balaban J connectivity index is 1.54. The Labute approximate surface area is 236 Å². The zero-order chi connectivity index (χ0) is 30.5. The van der Waals surface area contributed by atoms with Gasteiger partial charge in [0.1, 0.15) is 72.5 Å². The van der Waals surface area contributed by atoms with Crippen LogP contribution in [0.1, 0.15) is 11.7 Å². The number of phenols is 3. The quantitative estimate of drug-likeness (QED) is 0.132. The first-order valence-electron chi connectivity index (χ1n) is 12.8. The Kier molecular flexibility index (Phi) is 8.16. The molecule has 0 aliphatic carbocycles. The molecule has 10 N–H and O–H groups in total. The first kappa shape index (κ1) is 30.1. The summed E-state index contributed by atoms with van der Waals surface area (Å²) in [6, 6.07) is 7.16. The van der Waals surface area contributed by atoms with Crippen molar-refractivity contribution in [3.05, 3.63) is 52.2 Å². The molecule has 0 spiro atoms. The molecular weight excluding hydrogens is 564 g/mol. The average Bonchev–Trinajstić information content (AvgIpc) is 3.22. The maximum absolute atomic E-state index is 13.0. The zero-order valence-electron chi connectivity index (χ0n) is 21.7. The largest absolute Gasteiger partial charge is 0.507 e. The molecule has 3 aromatic rings. The Morgan fingerprint density at radius 2 is 1.50 bits per heavy atom. The van der Waals surface area contributed by atoms with Gasteiger partial charge in [-0.25, -0.2) is 0 Å². The summed E-state index contributed by atoms with van der Waals surface area (Å²) >= 11 is 0. The van der Waals surface area contributed by atoms with Gasteiger partial charge in [0, 0.05) is 11.6 Å². The molecule has 3 heterocycles. The molecule has 9 atom stereocenters. The van der Waals surface area contributed by atoms with E-state index >= 15 is 0 Å². The van der Waals surface area contributed by atoms with Gasteiger partial charge in [-0.3, -0.25) is 4.79 Å². The van der Waals surface area contributed by atoms with E-state index in [2.05, 4.69) is 0 Å². The highest BCUT2D eigenvalue weighted by molar-refractivity contribution is 5.84. The number of hydrogen-bond acceptors (Lipinski definition) is 15. The molecule has 2 saturated heterocycles. The molecule has 0 amide bonds. The van der Waals surface area contributed by atoms with E-state index in [9.17, 15) is 55.9 Å². The van der Waals surface area contributed by atoms with Crippen molar-refractivity contribution >= 4 is 11.0 Å². The normalized spacial score (nSPS) is 33.3. The fourth-order valence-corrected chi connectivity index (χ4v) is 5.29. The summed E-state index contributed by atoms with van der Waals surface area (Å²) < 4.78 is 22.7. The van der Waals surface area contributed by atoms with Crippen molar-refractivity contribution in [2.75, 3.05) is 19.8 Å². The van der Waals surface area contributed by atoms with E-state index < -0.39 is 97.1 Å². The minimum atomic E-state index is -2.37. The van der Waals surface area contributed by atoms with Crippen LogP contribution in [0.25, 0.3) is 22.3 Å². The molecule has 0 saturated carbocycles. The van der Waals surface area contributed by atoms with Crippen LogP contribution in [0.4, 0.5) is 0 Å². The third-order valence-corrected chi connectivity index (χ3v) is 7.56. The lowest BCUT2D eigenvalue weighted by Gasteiger charge is -2.45. The molecule has 228 valence electrons. The second-order valence-electron chi connectivity index (χ2n) is 10.1. The number of rotatable bonds is 7. The van der Waals surface area contributed by atoms with Crippen molar-refractivity contribution in [3.8, 4) is 28.6 Å². The highest BCUT2D eigenvalue weighted by atomic mass is 16.8. The lowest BCUT2D eigenvalue weighted by molar-refractivity contribution is -0.342. The Bertz CT molecular complexity index is 1500. The van der Waals surface area contributed by atoms with E-state index in [1.807, 2.05) is 0 Å². The molecule has 5 rings (SSSR count). The van der Waals surface area contributed by atoms with Crippen molar-refractivity contribution in [1.29, 1.82) is 0 Å². The smallest absolute Gasteiger partial charge is 0.222 e. The highest BCUT2D eigenvalue weighted by Crippen LogP contribution is 2.44. The molecule has 15 heteroatoms. The molecule has 2 aliphatic rings. The summed E-state index contributed by atoms with van der Waals surface area (Å²) in [6.07, 6.45) is -13.7. The number of hydrogen-bond donors (Lipinski definition) is 10. The number of ether oxygens (including phenoxy) is 3. The maximum atomic E-state index is 13.0. The Morgan fingerprint density at radius 1 is 0.810 bits per heavy atom. The van der Waals surface area contributed by atoms with Crippen molar-refractivity contribution < 1.29 is 69.7 Å². The highest BCUT2D eigenvalue weighted by Gasteiger charge is 2.59. The van der Waals surface area contributed by atoms with Crippen molar-refractivity contribution in [1.82, 2.24) is 0 Å². The molecule has 42 heavy (non-hydrogen) atoms. The summed E-state index contributed by atoms with van der Waals surface area (Å²) in [4.78, 5) is 13.0. The van der Waals surface area contributed by atoms with Crippen LogP contribution in [0.3, 0.4) is 0 Å². The van der Waals surface area contributed by atoms with E-state index in [0.29, 0.717) is 0 Å². The first-order chi connectivity index (χ1) is 20.0. The maximum Gasteiger partial charge on any atom is 0.222 e. The standard InChI is InChI=1S/C27H30O15/c28-7-17-20(35)26(38)27(9-30,41-17)42-24-18(8-29)40-25(22(37)21(24)36)19-13(32)4-2-11-14(33)6-16(39-23(11)19)10-1-3-12(31)15(34)5-10/h1-6,17-18,20-22,24-26,28-32,34-38H,7-9H2. The molecule has 2 aromatic carbocycles. The molecular formula is C27H30O15. The van der Waals surface area contributed by atoms with Crippen molar-refractivity contribution in [2.45, 2.75) is 54.6 Å². The molecule has 2 fully saturated rings. The molecule has 0 bridgehead atoms. The van der Waals surface area contributed by atoms with Crippen LogP contribution < -0.4 is 5.43 Å². The summed E-state index contributed by atoms with van der Waals surface area (Å²) in [6.45, 7) is -2.67. The SMILES string of the molecule is O=c1cc(-c2ccc(O)c(O)c2)oc2c(C3OC(CO)C(OC4(CO)OC(CO)C(O)C4O)C(O)C3O)c(O)ccc12. The molecule has 2 aliphatic heterocycles. The van der Waals surface area contributed by atoms with Gasteiger partial charge in [0.2, 0.25) is 5.79 Å². The summed E-state index contributed by atoms with van der Waals surface area (Å²) in [5.41, 5.74) is -0.936. The number of aliphatic hydroxyl groups is 7.